The van der Waals surface area contributed by atoms with E-state index in [1.807, 2.05) is 13.8 Å². The van der Waals surface area contributed by atoms with Crippen LogP contribution in [0.1, 0.15) is 49.9 Å². The van der Waals surface area contributed by atoms with Crippen LogP contribution in [0, 0.1) is 5.92 Å². The van der Waals surface area contributed by atoms with Crippen molar-refractivity contribution < 1.29 is 27.9 Å². The van der Waals surface area contributed by atoms with Gasteiger partial charge in [-0.05, 0) is 38.0 Å². The molecule has 0 aliphatic carbocycles. The van der Waals surface area contributed by atoms with Crippen LogP contribution in [-0.4, -0.2) is 44.5 Å². The maximum Gasteiger partial charge on any atom is 0.449 e. The van der Waals surface area contributed by atoms with Crippen molar-refractivity contribution >= 4 is 22.9 Å². The molecule has 0 radical (unpaired) electrons. The number of hydrogen-bond acceptors (Lipinski definition) is 3. The highest BCUT2D eigenvalue weighted by atomic mass is 19.4. The zero-order valence-electron chi connectivity index (χ0n) is 15.5. The van der Waals surface area contributed by atoms with Crippen molar-refractivity contribution in [2.24, 2.45) is 5.92 Å². The number of carbonyl (C=O) groups is 2. The molecule has 0 unspecified atom stereocenters. The van der Waals surface area contributed by atoms with Gasteiger partial charge in [0, 0.05) is 18.2 Å². The topological polar surface area (TPSA) is 75.4 Å². The molecule has 0 spiro atoms. The van der Waals surface area contributed by atoms with Gasteiger partial charge >= 0.3 is 12.1 Å². The summed E-state index contributed by atoms with van der Waals surface area (Å²) in [5.41, 5.74) is 0.413. The lowest BCUT2D eigenvalue weighted by atomic mass is 10.1. The van der Waals surface area contributed by atoms with Gasteiger partial charge in [0.1, 0.15) is 6.54 Å². The SMILES string of the molecule is CC(C)CN(CC(=O)O)C(=O)c1ccc2c(c1)nc(C(F)(F)F)n2C(C)C. The first-order chi connectivity index (χ1) is 12.4. The third-order valence-corrected chi connectivity index (χ3v) is 3.91. The Balaban J connectivity index is 2.51. The normalized spacial score (nSPS) is 12.2. The fraction of sp³-hybridized carbons (Fsp3) is 0.500. The number of alkyl halides is 3. The summed E-state index contributed by atoms with van der Waals surface area (Å²) >= 11 is 0. The second-order valence-corrected chi connectivity index (χ2v) is 7.07. The number of carbonyl (C=O) groups excluding carboxylic acids is 1. The van der Waals surface area contributed by atoms with Crippen LogP contribution in [0.2, 0.25) is 0 Å². The summed E-state index contributed by atoms with van der Waals surface area (Å²) in [4.78, 5) is 28.6. The molecule has 1 aromatic carbocycles. The Morgan fingerprint density at radius 1 is 1.22 bits per heavy atom. The molecule has 0 aliphatic rings. The highest BCUT2D eigenvalue weighted by Gasteiger charge is 2.38. The molecule has 2 aromatic rings. The number of nitrogens with zero attached hydrogens (tertiary/aromatic N) is 3. The molecule has 2 rings (SSSR count). The highest BCUT2D eigenvalue weighted by Crippen LogP contribution is 2.34. The van der Waals surface area contributed by atoms with E-state index < -0.39 is 36.5 Å². The molecular weight excluding hydrogens is 363 g/mol. The van der Waals surface area contributed by atoms with Gasteiger partial charge in [0.2, 0.25) is 5.82 Å². The van der Waals surface area contributed by atoms with Crippen molar-refractivity contribution in [2.75, 3.05) is 13.1 Å². The number of halogens is 3. The summed E-state index contributed by atoms with van der Waals surface area (Å²) in [5.74, 6) is -2.70. The van der Waals surface area contributed by atoms with Crippen LogP contribution < -0.4 is 0 Å². The molecule has 9 heteroatoms. The largest absolute Gasteiger partial charge is 0.480 e. The second kappa shape index (κ2) is 7.58. The molecule has 27 heavy (non-hydrogen) atoms. The predicted octanol–water partition coefficient (Wildman–Crippen LogP) is 3.82. The Kier molecular flexibility index (Phi) is 5.82. The van der Waals surface area contributed by atoms with Gasteiger partial charge in [0.15, 0.2) is 0 Å². The standard InChI is InChI=1S/C18H22F3N3O3/c1-10(2)8-23(9-15(25)26)16(27)12-5-6-14-13(7-12)22-17(18(19,20)21)24(14)11(3)4/h5-7,10-11H,8-9H2,1-4H3,(H,25,26). The van der Waals surface area contributed by atoms with E-state index in [1.165, 1.54) is 18.2 Å². The van der Waals surface area contributed by atoms with Crippen molar-refractivity contribution in [3.05, 3.63) is 29.6 Å². The molecule has 1 aromatic heterocycles. The summed E-state index contributed by atoms with van der Waals surface area (Å²) in [6, 6.07) is 3.62. The predicted molar refractivity (Wildman–Crippen MR) is 93.5 cm³/mol. The van der Waals surface area contributed by atoms with Crippen LogP contribution in [0.5, 0.6) is 0 Å². The lowest BCUT2D eigenvalue weighted by molar-refractivity contribution is -0.147. The Hall–Kier alpha value is -2.58. The third kappa shape index (κ3) is 4.58. The van der Waals surface area contributed by atoms with Crippen molar-refractivity contribution in [3.8, 4) is 0 Å². The number of aromatic nitrogens is 2. The van der Waals surface area contributed by atoms with Crippen LogP contribution in [0.3, 0.4) is 0 Å². The number of aliphatic carboxylic acids is 1. The molecule has 0 aliphatic heterocycles. The molecule has 0 bridgehead atoms. The number of imidazole rings is 1. The number of carboxylic acids is 1. The van der Waals surface area contributed by atoms with Gasteiger partial charge in [0.25, 0.3) is 5.91 Å². The zero-order chi connectivity index (χ0) is 20.5. The summed E-state index contributed by atoms with van der Waals surface area (Å²) in [6.07, 6.45) is -4.62. The van der Waals surface area contributed by atoms with E-state index in [1.54, 1.807) is 13.8 Å². The summed E-state index contributed by atoms with van der Waals surface area (Å²) < 4.78 is 41.0. The number of amides is 1. The minimum Gasteiger partial charge on any atom is -0.480 e. The molecule has 0 atom stereocenters. The van der Waals surface area contributed by atoms with E-state index in [0.717, 1.165) is 9.47 Å². The fourth-order valence-corrected chi connectivity index (χ4v) is 2.96. The minimum absolute atomic E-state index is 0.0361. The first-order valence-corrected chi connectivity index (χ1v) is 8.52. The monoisotopic (exact) mass is 385 g/mol. The first-order valence-electron chi connectivity index (χ1n) is 8.52. The third-order valence-electron chi connectivity index (χ3n) is 3.91. The van der Waals surface area contributed by atoms with E-state index in [4.69, 9.17) is 5.11 Å². The van der Waals surface area contributed by atoms with Gasteiger partial charge < -0.3 is 14.6 Å². The van der Waals surface area contributed by atoms with E-state index in [2.05, 4.69) is 4.98 Å². The van der Waals surface area contributed by atoms with Gasteiger partial charge in [-0.2, -0.15) is 13.2 Å². The summed E-state index contributed by atoms with van der Waals surface area (Å²) in [7, 11) is 0. The number of benzene rings is 1. The van der Waals surface area contributed by atoms with Crippen molar-refractivity contribution in [1.82, 2.24) is 14.5 Å². The number of rotatable bonds is 6. The Bertz CT molecular complexity index is 857. The molecule has 0 fully saturated rings. The van der Waals surface area contributed by atoms with Crippen molar-refractivity contribution in [3.63, 3.8) is 0 Å². The van der Waals surface area contributed by atoms with Crippen LogP contribution in [0.4, 0.5) is 13.2 Å². The molecule has 1 N–H and O–H groups in total. The zero-order valence-corrected chi connectivity index (χ0v) is 15.5. The van der Waals surface area contributed by atoms with Crippen LogP contribution in [0.25, 0.3) is 11.0 Å². The van der Waals surface area contributed by atoms with Gasteiger partial charge in [-0.1, -0.05) is 13.8 Å². The molecule has 1 amide bonds. The molecule has 148 valence electrons. The number of fused-ring (bicyclic) bond motifs is 1. The highest BCUT2D eigenvalue weighted by molar-refractivity contribution is 5.98. The van der Waals surface area contributed by atoms with E-state index in [-0.39, 0.29) is 29.1 Å². The summed E-state index contributed by atoms with van der Waals surface area (Å²) in [5, 5.41) is 9.02. The maximum absolute atomic E-state index is 13.3. The van der Waals surface area contributed by atoms with E-state index in [0.29, 0.717) is 0 Å². The number of carboxylic acid groups (broad SMARTS) is 1. The Morgan fingerprint density at radius 2 is 1.85 bits per heavy atom. The lowest BCUT2D eigenvalue weighted by Crippen LogP contribution is -2.38. The molecular formula is C18H22F3N3O3. The van der Waals surface area contributed by atoms with Crippen LogP contribution in [0.15, 0.2) is 18.2 Å². The van der Waals surface area contributed by atoms with Crippen LogP contribution >= 0.6 is 0 Å². The second-order valence-electron chi connectivity index (χ2n) is 7.07. The van der Waals surface area contributed by atoms with Gasteiger partial charge in [-0.25, -0.2) is 4.98 Å². The van der Waals surface area contributed by atoms with Crippen molar-refractivity contribution in [1.29, 1.82) is 0 Å². The quantitative estimate of drug-likeness (QED) is 0.820. The van der Waals surface area contributed by atoms with E-state index in [9.17, 15) is 22.8 Å². The van der Waals surface area contributed by atoms with Crippen molar-refractivity contribution in [2.45, 2.75) is 39.9 Å². The molecule has 0 saturated carbocycles. The maximum atomic E-state index is 13.3. The molecule has 1 heterocycles. The first kappa shape index (κ1) is 20.7. The van der Waals surface area contributed by atoms with Gasteiger partial charge in [-0.3, -0.25) is 9.59 Å². The average Bonchev–Trinajstić information content (AvgIpc) is 2.91. The lowest BCUT2D eigenvalue weighted by Gasteiger charge is -2.22. The number of hydrogen-bond donors (Lipinski definition) is 1. The van der Waals surface area contributed by atoms with Crippen LogP contribution in [-0.2, 0) is 11.0 Å². The molecule has 6 nitrogen and oxygen atoms in total. The Labute approximate surface area is 154 Å². The van der Waals surface area contributed by atoms with Gasteiger partial charge in [0.05, 0.1) is 11.0 Å². The van der Waals surface area contributed by atoms with E-state index >= 15 is 0 Å². The fourth-order valence-electron chi connectivity index (χ4n) is 2.96. The molecule has 0 saturated heterocycles. The van der Waals surface area contributed by atoms with Gasteiger partial charge in [-0.15, -0.1) is 0 Å². The average molecular weight is 385 g/mol. The summed E-state index contributed by atoms with van der Waals surface area (Å²) in [6.45, 7) is 6.65. The minimum atomic E-state index is -4.62. The smallest absolute Gasteiger partial charge is 0.449 e. The Morgan fingerprint density at radius 3 is 2.33 bits per heavy atom.